The Hall–Kier alpha value is -1.64. The number of rotatable bonds is 2. The van der Waals surface area contributed by atoms with Crippen LogP contribution in [-0.4, -0.2) is 18.1 Å². The highest BCUT2D eigenvalue weighted by atomic mass is 35.5. The van der Waals surface area contributed by atoms with Crippen molar-refractivity contribution in [2.45, 2.75) is 31.7 Å². The zero-order valence-corrected chi connectivity index (χ0v) is 10.7. The molecule has 1 heterocycles. The van der Waals surface area contributed by atoms with E-state index in [1.807, 2.05) is 24.3 Å². The van der Waals surface area contributed by atoms with Crippen molar-refractivity contribution in [1.29, 1.82) is 0 Å². The maximum atomic E-state index is 11.3. The number of nitrogens with one attached hydrogen (secondary N) is 1. The minimum Gasteiger partial charge on any atom is -0.353 e. The van der Waals surface area contributed by atoms with Gasteiger partial charge in [-0.05, 0) is 24.1 Å². The molecule has 0 saturated carbocycles. The van der Waals surface area contributed by atoms with Crippen molar-refractivity contribution in [2.75, 3.05) is 0 Å². The van der Waals surface area contributed by atoms with Gasteiger partial charge in [-0.15, -0.1) is 0 Å². The summed E-state index contributed by atoms with van der Waals surface area (Å²) < 4.78 is 0. The molecule has 1 fully saturated rings. The molecule has 1 saturated heterocycles. The summed E-state index contributed by atoms with van der Waals surface area (Å²) in [5, 5.41) is 3.73. The number of hydrogen-bond donors (Lipinski definition) is 1. The fraction of sp³-hybridized carbons (Fsp3) is 0.385. The molecule has 0 radical (unpaired) electrons. The number of benzene rings is 1. The predicted octanol–water partition coefficient (Wildman–Crippen LogP) is 2.14. The molecule has 96 valence electrons. The third kappa shape index (κ3) is 3.69. The van der Waals surface area contributed by atoms with Crippen molar-refractivity contribution in [1.82, 2.24) is 5.32 Å². The molecule has 5 heteroatoms. The summed E-state index contributed by atoms with van der Waals surface area (Å²) in [5.41, 5.74) is 1.20. The van der Waals surface area contributed by atoms with E-state index in [0.29, 0.717) is 12.3 Å². The Labute approximate surface area is 110 Å². The van der Waals surface area contributed by atoms with Crippen LogP contribution in [0, 0.1) is 0 Å². The number of carbonyl (C=O) groups excluding carboxylic acids is 3. The monoisotopic (exact) mass is 267 g/mol. The van der Waals surface area contributed by atoms with Crippen molar-refractivity contribution in [3.63, 3.8) is 0 Å². The SMILES string of the molecule is CC[C@@H]1NC(=O)C[C@H]1c1ccc(Cl)cc1.O=C=O. The molecule has 1 aliphatic rings. The van der Waals surface area contributed by atoms with Gasteiger partial charge in [0.05, 0.1) is 0 Å². The van der Waals surface area contributed by atoms with Crippen molar-refractivity contribution >= 4 is 23.7 Å². The van der Waals surface area contributed by atoms with Crippen LogP contribution in [0.25, 0.3) is 0 Å². The van der Waals surface area contributed by atoms with E-state index in [1.54, 1.807) is 0 Å². The van der Waals surface area contributed by atoms with E-state index in [0.717, 1.165) is 11.4 Å². The van der Waals surface area contributed by atoms with Crippen molar-refractivity contribution in [2.24, 2.45) is 0 Å². The Morgan fingerprint density at radius 3 is 2.39 bits per heavy atom. The third-order valence-electron chi connectivity index (χ3n) is 2.98. The Kier molecular flexibility index (Phi) is 5.56. The lowest BCUT2D eigenvalue weighted by molar-refractivity contribution is -0.191. The molecular formula is C13H14ClNO3. The highest BCUT2D eigenvalue weighted by molar-refractivity contribution is 6.30. The van der Waals surface area contributed by atoms with E-state index in [9.17, 15) is 4.79 Å². The van der Waals surface area contributed by atoms with Crippen LogP contribution in [0.2, 0.25) is 5.02 Å². The Bertz CT molecular complexity index is 438. The average Bonchev–Trinajstić information content (AvgIpc) is 2.72. The average molecular weight is 268 g/mol. The van der Waals surface area contributed by atoms with E-state index in [4.69, 9.17) is 21.2 Å². The van der Waals surface area contributed by atoms with Crippen molar-refractivity contribution in [3.05, 3.63) is 34.9 Å². The summed E-state index contributed by atoms with van der Waals surface area (Å²) in [7, 11) is 0. The summed E-state index contributed by atoms with van der Waals surface area (Å²) in [6.07, 6.45) is 1.82. The first-order valence-electron chi connectivity index (χ1n) is 5.66. The number of hydrogen-bond acceptors (Lipinski definition) is 3. The van der Waals surface area contributed by atoms with Crippen LogP contribution < -0.4 is 5.32 Å². The summed E-state index contributed by atoms with van der Waals surface area (Å²) in [4.78, 5) is 27.6. The Morgan fingerprint density at radius 1 is 1.33 bits per heavy atom. The van der Waals surface area contributed by atoms with Crippen molar-refractivity contribution in [3.8, 4) is 0 Å². The van der Waals surface area contributed by atoms with Gasteiger partial charge in [-0.1, -0.05) is 30.7 Å². The molecule has 1 aromatic rings. The first kappa shape index (κ1) is 14.4. The van der Waals surface area contributed by atoms with Gasteiger partial charge in [-0.25, -0.2) is 0 Å². The molecule has 0 unspecified atom stereocenters. The molecule has 0 spiro atoms. The normalized spacial score (nSPS) is 21.6. The lowest BCUT2D eigenvalue weighted by Gasteiger charge is -2.17. The molecule has 1 N–H and O–H groups in total. The first-order chi connectivity index (χ1) is 8.62. The molecule has 2 atom stereocenters. The second kappa shape index (κ2) is 6.94. The summed E-state index contributed by atoms with van der Waals surface area (Å²) in [6, 6.07) is 8.06. The summed E-state index contributed by atoms with van der Waals surface area (Å²) >= 11 is 5.83. The van der Waals surface area contributed by atoms with Gasteiger partial charge in [0.15, 0.2) is 0 Å². The van der Waals surface area contributed by atoms with Crippen LogP contribution in [-0.2, 0) is 14.4 Å². The van der Waals surface area contributed by atoms with Crippen molar-refractivity contribution < 1.29 is 14.4 Å². The smallest absolute Gasteiger partial charge is 0.353 e. The van der Waals surface area contributed by atoms with E-state index in [1.165, 1.54) is 5.56 Å². The molecule has 0 aromatic heterocycles. The maximum Gasteiger partial charge on any atom is 0.373 e. The van der Waals surface area contributed by atoms with E-state index in [2.05, 4.69) is 12.2 Å². The minimum atomic E-state index is 0.154. The van der Waals surface area contributed by atoms with Crippen LogP contribution in [0.1, 0.15) is 31.2 Å². The van der Waals surface area contributed by atoms with Gasteiger partial charge in [0.25, 0.3) is 0 Å². The van der Waals surface area contributed by atoms with Gasteiger partial charge in [-0.2, -0.15) is 9.59 Å². The van der Waals surface area contributed by atoms with Gasteiger partial charge in [-0.3, -0.25) is 4.79 Å². The van der Waals surface area contributed by atoms with Gasteiger partial charge in [0.2, 0.25) is 5.91 Å². The quantitative estimate of drug-likeness (QED) is 0.893. The molecular weight excluding hydrogens is 254 g/mol. The number of carbonyl (C=O) groups is 1. The highest BCUT2D eigenvalue weighted by Crippen LogP contribution is 2.30. The van der Waals surface area contributed by atoms with Crippen LogP contribution in [0.5, 0.6) is 0 Å². The molecule has 1 amide bonds. The van der Waals surface area contributed by atoms with Crippen LogP contribution in [0.3, 0.4) is 0 Å². The summed E-state index contributed by atoms with van der Waals surface area (Å²) in [5.74, 6) is 0.460. The van der Waals surface area contributed by atoms with Gasteiger partial charge in [0.1, 0.15) is 0 Å². The largest absolute Gasteiger partial charge is 0.373 e. The minimum absolute atomic E-state index is 0.154. The third-order valence-corrected chi connectivity index (χ3v) is 3.23. The number of amides is 1. The van der Waals surface area contributed by atoms with Gasteiger partial charge >= 0.3 is 6.15 Å². The molecule has 0 bridgehead atoms. The van der Waals surface area contributed by atoms with E-state index >= 15 is 0 Å². The fourth-order valence-electron chi connectivity index (χ4n) is 2.16. The molecule has 0 aliphatic carbocycles. The van der Waals surface area contributed by atoms with Gasteiger partial charge in [0, 0.05) is 23.4 Å². The molecule has 1 aliphatic heterocycles. The van der Waals surface area contributed by atoms with E-state index < -0.39 is 0 Å². The second-order valence-electron chi connectivity index (χ2n) is 4.03. The predicted molar refractivity (Wildman–Crippen MR) is 66.0 cm³/mol. The highest BCUT2D eigenvalue weighted by Gasteiger charge is 2.31. The zero-order valence-electron chi connectivity index (χ0n) is 9.98. The fourth-order valence-corrected chi connectivity index (χ4v) is 2.28. The molecule has 1 aromatic carbocycles. The van der Waals surface area contributed by atoms with Crippen LogP contribution in [0.4, 0.5) is 0 Å². The topological polar surface area (TPSA) is 63.2 Å². The van der Waals surface area contributed by atoms with Crippen LogP contribution in [0.15, 0.2) is 24.3 Å². The Morgan fingerprint density at radius 2 is 1.89 bits per heavy atom. The number of halogens is 1. The standard InChI is InChI=1S/C12H14ClNO.CO2/c1-2-11-10(7-12(15)14-11)8-3-5-9(13)6-4-8;2-1-3/h3-6,10-11H,2,7H2,1H3,(H,14,15);/t10-,11-;/m0./s1. The van der Waals surface area contributed by atoms with Crippen LogP contribution >= 0.6 is 11.6 Å². The van der Waals surface area contributed by atoms with Gasteiger partial charge < -0.3 is 5.32 Å². The van der Waals surface area contributed by atoms with E-state index in [-0.39, 0.29) is 18.1 Å². The summed E-state index contributed by atoms with van der Waals surface area (Å²) in [6.45, 7) is 2.10. The lowest BCUT2D eigenvalue weighted by Crippen LogP contribution is -2.27. The lowest BCUT2D eigenvalue weighted by atomic mass is 9.91. The zero-order chi connectivity index (χ0) is 13.5. The second-order valence-corrected chi connectivity index (χ2v) is 4.46. The molecule has 4 nitrogen and oxygen atoms in total. The molecule has 18 heavy (non-hydrogen) atoms. The maximum absolute atomic E-state index is 11.3. The molecule has 2 rings (SSSR count). The Balaban J connectivity index is 0.000000492. The first-order valence-corrected chi connectivity index (χ1v) is 6.04.